The number of esters is 1. The van der Waals surface area contributed by atoms with Gasteiger partial charge in [0.25, 0.3) is 5.56 Å². The zero-order valence-electron chi connectivity index (χ0n) is 14.9. The Hall–Kier alpha value is -3.67. The number of methoxy groups -OCH3 is 1. The van der Waals surface area contributed by atoms with Crippen molar-refractivity contribution in [2.24, 2.45) is 0 Å². The summed E-state index contributed by atoms with van der Waals surface area (Å²) in [6.07, 6.45) is 3.33. The van der Waals surface area contributed by atoms with Crippen molar-refractivity contribution in [3.05, 3.63) is 88.5 Å². The molecule has 0 radical (unpaired) electrons. The first-order chi connectivity index (χ1) is 13.1. The maximum atomic E-state index is 13.1. The standard InChI is InChI=1S/C21H17N3O3/c1-14-8-6-7-11-18(14)24-20(25)16-12-23(15-9-4-3-5-10-15)13-17(19(16)22-24)21(26)27-2/h3-13H,1-2H3. The van der Waals surface area contributed by atoms with Crippen LogP contribution < -0.4 is 5.56 Å². The number of hydrogen-bond acceptors (Lipinski definition) is 4. The molecule has 134 valence electrons. The third-order valence-electron chi connectivity index (χ3n) is 4.47. The molecule has 0 saturated heterocycles. The topological polar surface area (TPSA) is 66.1 Å². The van der Waals surface area contributed by atoms with Crippen molar-refractivity contribution < 1.29 is 9.53 Å². The number of aryl methyl sites for hydroxylation is 1. The third-order valence-corrected chi connectivity index (χ3v) is 4.47. The number of benzene rings is 2. The van der Waals surface area contributed by atoms with E-state index in [1.807, 2.05) is 61.5 Å². The van der Waals surface area contributed by atoms with E-state index < -0.39 is 5.97 Å². The lowest BCUT2D eigenvalue weighted by molar-refractivity contribution is 0.0600. The van der Waals surface area contributed by atoms with Crippen LogP contribution in [0.15, 0.2) is 71.8 Å². The molecule has 6 nitrogen and oxygen atoms in total. The normalized spacial score (nSPS) is 10.9. The smallest absolute Gasteiger partial charge is 0.341 e. The molecule has 0 atom stereocenters. The Morgan fingerprint density at radius 2 is 1.70 bits per heavy atom. The van der Waals surface area contributed by atoms with Crippen molar-refractivity contribution in [3.8, 4) is 22.6 Å². The summed E-state index contributed by atoms with van der Waals surface area (Å²) in [6, 6.07) is 16.9. The van der Waals surface area contributed by atoms with Gasteiger partial charge in [-0.15, -0.1) is 0 Å². The molecule has 0 aromatic heterocycles. The molecule has 27 heavy (non-hydrogen) atoms. The maximum absolute atomic E-state index is 13.1. The van der Waals surface area contributed by atoms with Crippen LogP contribution in [0.2, 0.25) is 0 Å². The van der Waals surface area contributed by atoms with Gasteiger partial charge in [-0.2, -0.15) is 9.78 Å². The highest BCUT2D eigenvalue weighted by atomic mass is 16.5. The Labute approximate surface area is 155 Å². The molecule has 0 bridgehead atoms. The van der Waals surface area contributed by atoms with Gasteiger partial charge in [-0.05, 0) is 30.7 Å². The van der Waals surface area contributed by atoms with Crippen LogP contribution in [0.25, 0.3) is 22.6 Å². The van der Waals surface area contributed by atoms with Gasteiger partial charge in [-0.3, -0.25) is 4.79 Å². The number of nitrogens with zero attached hydrogens (tertiary/aromatic N) is 3. The number of carbonyl (C=O) groups is 1. The molecule has 0 N–H and O–H groups in total. The van der Waals surface area contributed by atoms with E-state index in [-0.39, 0.29) is 11.1 Å². The molecule has 0 amide bonds. The van der Waals surface area contributed by atoms with Crippen LogP contribution in [0.5, 0.6) is 0 Å². The summed E-state index contributed by atoms with van der Waals surface area (Å²) in [7, 11) is 1.31. The van der Waals surface area contributed by atoms with Crippen molar-refractivity contribution in [2.45, 2.75) is 6.92 Å². The Kier molecular flexibility index (Phi) is 4.08. The van der Waals surface area contributed by atoms with Gasteiger partial charge >= 0.3 is 5.97 Å². The monoisotopic (exact) mass is 359 g/mol. The SMILES string of the molecule is COC(=O)c1cn(-c2ccccc2)cc2c(=O)n(-c3ccccc3C)nc1-2. The fourth-order valence-electron chi connectivity index (χ4n) is 3.08. The molecular weight excluding hydrogens is 342 g/mol. The Morgan fingerprint density at radius 3 is 2.41 bits per heavy atom. The number of carbonyl (C=O) groups excluding carboxylic acids is 1. The average molecular weight is 359 g/mol. The van der Waals surface area contributed by atoms with Gasteiger partial charge in [-0.1, -0.05) is 36.4 Å². The lowest BCUT2D eigenvalue weighted by Crippen LogP contribution is -2.16. The maximum Gasteiger partial charge on any atom is 0.341 e. The van der Waals surface area contributed by atoms with Crippen molar-refractivity contribution >= 4 is 5.97 Å². The van der Waals surface area contributed by atoms with E-state index in [1.165, 1.54) is 11.8 Å². The lowest BCUT2D eigenvalue weighted by atomic mass is 10.1. The summed E-state index contributed by atoms with van der Waals surface area (Å²) in [5, 5.41) is 4.44. The highest BCUT2D eigenvalue weighted by Gasteiger charge is 2.25. The van der Waals surface area contributed by atoms with E-state index in [2.05, 4.69) is 5.10 Å². The van der Waals surface area contributed by atoms with E-state index in [0.29, 0.717) is 16.9 Å². The van der Waals surface area contributed by atoms with Gasteiger partial charge in [0.15, 0.2) is 0 Å². The molecule has 2 aliphatic rings. The van der Waals surface area contributed by atoms with Crippen LogP contribution >= 0.6 is 0 Å². The number of para-hydroxylation sites is 2. The zero-order valence-corrected chi connectivity index (χ0v) is 14.9. The fraction of sp³-hybridized carbons (Fsp3) is 0.0952. The molecule has 6 heteroatoms. The summed E-state index contributed by atoms with van der Waals surface area (Å²) in [6.45, 7) is 1.91. The Balaban J connectivity index is 2.03. The number of pyridine rings is 1. The van der Waals surface area contributed by atoms with E-state index in [0.717, 1.165) is 11.3 Å². The molecular formula is C21H17N3O3. The molecule has 0 aliphatic carbocycles. The summed E-state index contributed by atoms with van der Waals surface area (Å²) < 4.78 is 7.98. The second-order valence-electron chi connectivity index (χ2n) is 6.17. The quantitative estimate of drug-likeness (QED) is 0.527. The Morgan fingerprint density at radius 1 is 1.00 bits per heavy atom. The first-order valence-corrected chi connectivity index (χ1v) is 8.45. The highest BCUT2D eigenvalue weighted by Crippen LogP contribution is 2.25. The minimum absolute atomic E-state index is 0.239. The summed E-state index contributed by atoms with van der Waals surface area (Å²) in [5.41, 5.74) is 3.05. The predicted molar refractivity (Wildman–Crippen MR) is 102 cm³/mol. The number of fused-ring (bicyclic) bond motifs is 1. The van der Waals surface area contributed by atoms with Crippen molar-refractivity contribution in [1.82, 2.24) is 14.3 Å². The highest BCUT2D eigenvalue weighted by molar-refractivity contribution is 5.96. The minimum Gasteiger partial charge on any atom is -0.465 e. The number of rotatable bonds is 3. The number of aromatic nitrogens is 3. The van der Waals surface area contributed by atoms with Crippen LogP contribution in [0.1, 0.15) is 15.9 Å². The first kappa shape index (κ1) is 16.8. The third kappa shape index (κ3) is 2.81. The van der Waals surface area contributed by atoms with E-state index >= 15 is 0 Å². The summed E-state index contributed by atoms with van der Waals surface area (Å²) >= 11 is 0. The molecule has 0 unspecified atom stereocenters. The van der Waals surface area contributed by atoms with Crippen LogP contribution in [0.4, 0.5) is 0 Å². The second-order valence-corrected chi connectivity index (χ2v) is 6.17. The molecule has 2 heterocycles. The predicted octanol–water partition coefficient (Wildman–Crippen LogP) is 3.22. The second kappa shape index (κ2) is 6.57. The molecule has 0 saturated carbocycles. The van der Waals surface area contributed by atoms with Gasteiger partial charge in [0.1, 0.15) is 11.3 Å². The van der Waals surface area contributed by atoms with Crippen LogP contribution in [-0.2, 0) is 4.74 Å². The van der Waals surface area contributed by atoms with Gasteiger partial charge in [0.05, 0.1) is 18.4 Å². The molecule has 2 aromatic rings. The largest absolute Gasteiger partial charge is 0.465 e. The Bertz CT molecular complexity index is 1160. The van der Waals surface area contributed by atoms with E-state index in [4.69, 9.17) is 4.74 Å². The van der Waals surface area contributed by atoms with Gasteiger partial charge in [-0.25, -0.2) is 4.79 Å². The fourth-order valence-corrected chi connectivity index (χ4v) is 3.08. The van der Waals surface area contributed by atoms with Crippen LogP contribution in [0.3, 0.4) is 0 Å². The zero-order chi connectivity index (χ0) is 19.0. The van der Waals surface area contributed by atoms with Crippen molar-refractivity contribution in [3.63, 3.8) is 0 Å². The minimum atomic E-state index is -0.542. The van der Waals surface area contributed by atoms with Crippen molar-refractivity contribution in [1.29, 1.82) is 0 Å². The number of ether oxygens (including phenoxy) is 1. The van der Waals surface area contributed by atoms with E-state index in [9.17, 15) is 9.59 Å². The van der Waals surface area contributed by atoms with E-state index in [1.54, 1.807) is 17.0 Å². The lowest BCUT2D eigenvalue weighted by Gasteiger charge is -2.11. The van der Waals surface area contributed by atoms with Crippen LogP contribution in [0, 0.1) is 6.92 Å². The van der Waals surface area contributed by atoms with Crippen molar-refractivity contribution in [2.75, 3.05) is 7.11 Å². The van der Waals surface area contributed by atoms with Gasteiger partial charge in [0.2, 0.25) is 0 Å². The molecule has 2 aromatic carbocycles. The molecule has 4 rings (SSSR count). The van der Waals surface area contributed by atoms with Crippen LogP contribution in [-0.4, -0.2) is 27.4 Å². The van der Waals surface area contributed by atoms with Gasteiger partial charge < -0.3 is 9.30 Å². The first-order valence-electron chi connectivity index (χ1n) is 8.45. The molecule has 2 aliphatic heterocycles. The average Bonchev–Trinajstić information content (AvgIpc) is 3.04. The molecule has 0 spiro atoms. The summed E-state index contributed by atoms with van der Waals surface area (Å²) in [4.78, 5) is 25.4. The summed E-state index contributed by atoms with van der Waals surface area (Å²) in [5.74, 6) is -0.542. The van der Waals surface area contributed by atoms with Gasteiger partial charge in [0, 0.05) is 18.1 Å². The molecule has 0 fully saturated rings. The number of hydrogen-bond donors (Lipinski definition) is 0.